The summed E-state index contributed by atoms with van der Waals surface area (Å²) in [6.45, 7) is 2.96. The smallest absolute Gasteiger partial charge is 0.314 e. The molecule has 13 heavy (non-hydrogen) atoms. The molecule has 0 saturated carbocycles. The average molecular weight is 180 g/mol. The van der Waals surface area contributed by atoms with Gasteiger partial charge in [-0.1, -0.05) is 12.0 Å². The monoisotopic (exact) mass is 180 g/mol. The molecule has 0 saturated heterocycles. The van der Waals surface area contributed by atoms with Crippen LogP contribution in [-0.2, 0) is 9.59 Å². The van der Waals surface area contributed by atoms with Crippen LogP contribution in [0.4, 0.5) is 0 Å². The molecule has 1 unspecified atom stereocenters. The van der Waals surface area contributed by atoms with Gasteiger partial charge in [-0.3, -0.25) is 9.59 Å². The number of rotatable bonds is 4. The van der Waals surface area contributed by atoms with Crippen LogP contribution in [0.2, 0.25) is 0 Å². The normalized spacial score (nSPS) is 13.2. The number of carboxylic acid groups (broad SMARTS) is 1. The summed E-state index contributed by atoms with van der Waals surface area (Å²) in [7, 11) is 0. The van der Waals surface area contributed by atoms with Gasteiger partial charge in [-0.2, -0.15) is 0 Å². The molecule has 0 aromatic heterocycles. The summed E-state index contributed by atoms with van der Waals surface area (Å²) in [5.74, 6) is -0.0705. The molecule has 0 aliphatic carbocycles. The second-order valence-corrected chi connectivity index (χ2v) is 2.77. The summed E-state index contributed by atoms with van der Waals surface area (Å²) in [4.78, 5) is 21.4. The molecule has 0 spiro atoms. The van der Waals surface area contributed by atoms with E-state index in [2.05, 4.69) is 5.92 Å². The Labute approximate surface area is 77.5 Å². The zero-order valence-electron chi connectivity index (χ0n) is 7.70. The lowest BCUT2D eigenvalue weighted by atomic mass is 10.0. The van der Waals surface area contributed by atoms with Crippen molar-refractivity contribution in [3.63, 3.8) is 0 Å². The average Bonchev–Trinajstić information content (AvgIpc) is 2.03. The Morgan fingerprint density at radius 3 is 2.38 bits per heavy atom. The number of carbonyl (C=O) groups is 2. The minimum atomic E-state index is -1.10. The minimum Gasteiger partial charge on any atom is -0.481 e. The fraction of sp³-hybridized carbons (Fsp3) is 0.400. The van der Waals surface area contributed by atoms with Crippen LogP contribution >= 0.6 is 0 Å². The number of allylic oxidation sites excluding steroid dienone is 2. The van der Waals surface area contributed by atoms with Gasteiger partial charge >= 0.3 is 5.97 Å². The molecule has 0 amide bonds. The number of aliphatic carboxylic acids is 1. The maximum absolute atomic E-state index is 10.8. The number of Topliss-reactive ketones (excluding diaryl/α,β-unsaturated/α-hetero) is 1. The highest BCUT2D eigenvalue weighted by Gasteiger charge is 2.20. The number of hydrogen-bond donors (Lipinski definition) is 1. The SMILES string of the molecule is C#C/C(C)=C\CC(C(C)=O)C(=O)O. The van der Waals surface area contributed by atoms with Crippen LogP contribution in [-0.4, -0.2) is 16.9 Å². The third kappa shape index (κ3) is 4.12. The minimum absolute atomic E-state index is 0.167. The third-order valence-electron chi connectivity index (χ3n) is 1.68. The number of carbonyl (C=O) groups excluding carboxylic acids is 1. The van der Waals surface area contributed by atoms with Crippen LogP contribution in [0.1, 0.15) is 20.3 Å². The van der Waals surface area contributed by atoms with Gasteiger partial charge in [0.1, 0.15) is 11.7 Å². The van der Waals surface area contributed by atoms with Crippen LogP contribution in [0, 0.1) is 18.3 Å². The highest BCUT2D eigenvalue weighted by atomic mass is 16.4. The molecule has 0 rings (SSSR count). The van der Waals surface area contributed by atoms with E-state index in [1.54, 1.807) is 13.0 Å². The fourth-order valence-electron chi connectivity index (χ4n) is 0.794. The van der Waals surface area contributed by atoms with Crippen molar-refractivity contribution in [3.8, 4) is 12.3 Å². The summed E-state index contributed by atoms with van der Waals surface area (Å²) in [6.07, 6.45) is 6.81. The predicted molar refractivity (Wildman–Crippen MR) is 49.0 cm³/mol. The van der Waals surface area contributed by atoms with Crippen LogP contribution in [0.15, 0.2) is 11.6 Å². The molecule has 0 radical (unpaired) electrons. The molecule has 1 N–H and O–H groups in total. The number of carboxylic acids is 1. The Balaban J connectivity index is 4.39. The van der Waals surface area contributed by atoms with Crippen molar-refractivity contribution >= 4 is 11.8 Å². The molecule has 3 nitrogen and oxygen atoms in total. The quantitative estimate of drug-likeness (QED) is 0.523. The molecule has 0 aliphatic rings. The topological polar surface area (TPSA) is 54.4 Å². The van der Waals surface area contributed by atoms with E-state index in [0.717, 1.165) is 0 Å². The van der Waals surface area contributed by atoms with Crippen LogP contribution in [0.25, 0.3) is 0 Å². The van der Waals surface area contributed by atoms with Gasteiger partial charge in [-0.05, 0) is 25.8 Å². The van der Waals surface area contributed by atoms with Crippen molar-refractivity contribution in [2.45, 2.75) is 20.3 Å². The molecular formula is C10H12O3. The van der Waals surface area contributed by atoms with Crippen molar-refractivity contribution in [2.24, 2.45) is 5.92 Å². The lowest BCUT2D eigenvalue weighted by Crippen LogP contribution is -2.20. The highest BCUT2D eigenvalue weighted by molar-refractivity contribution is 5.96. The van der Waals surface area contributed by atoms with E-state index in [0.29, 0.717) is 5.57 Å². The first kappa shape index (κ1) is 11.4. The molecule has 1 atom stereocenters. The number of terminal acetylenes is 1. The predicted octanol–water partition coefficient (Wildman–Crippen LogP) is 1.25. The van der Waals surface area contributed by atoms with Crippen LogP contribution < -0.4 is 0 Å². The number of hydrogen-bond acceptors (Lipinski definition) is 2. The van der Waals surface area contributed by atoms with Gasteiger partial charge in [0, 0.05) is 0 Å². The van der Waals surface area contributed by atoms with E-state index in [1.165, 1.54) is 6.92 Å². The molecule has 70 valence electrons. The molecule has 0 aromatic rings. The maximum Gasteiger partial charge on any atom is 0.314 e. The number of ketones is 1. The lowest BCUT2D eigenvalue weighted by molar-refractivity contribution is -0.145. The molecule has 0 heterocycles. The van der Waals surface area contributed by atoms with E-state index in [-0.39, 0.29) is 12.2 Å². The first-order chi connectivity index (χ1) is 5.99. The van der Waals surface area contributed by atoms with Crippen LogP contribution in [0.5, 0.6) is 0 Å². The van der Waals surface area contributed by atoms with Crippen molar-refractivity contribution in [1.29, 1.82) is 0 Å². The Hall–Kier alpha value is -1.56. The zero-order chi connectivity index (χ0) is 10.4. The summed E-state index contributed by atoms with van der Waals surface area (Å²) in [5.41, 5.74) is 0.646. The second kappa shape index (κ2) is 5.15. The van der Waals surface area contributed by atoms with Gasteiger partial charge in [0.25, 0.3) is 0 Å². The molecule has 0 aliphatic heterocycles. The Bertz CT molecular complexity index is 267. The first-order valence-electron chi connectivity index (χ1n) is 3.85. The van der Waals surface area contributed by atoms with Gasteiger partial charge in [-0.25, -0.2) is 0 Å². The highest BCUT2D eigenvalue weighted by Crippen LogP contribution is 2.07. The van der Waals surface area contributed by atoms with Gasteiger partial charge in [0.15, 0.2) is 0 Å². The third-order valence-corrected chi connectivity index (χ3v) is 1.68. The Morgan fingerprint density at radius 1 is 1.54 bits per heavy atom. The first-order valence-corrected chi connectivity index (χ1v) is 3.85. The Kier molecular flexibility index (Phi) is 4.53. The van der Waals surface area contributed by atoms with Crippen molar-refractivity contribution in [2.75, 3.05) is 0 Å². The van der Waals surface area contributed by atoms with Gasteiger partial charge in [-0.15, -0.1) is 6.42 Å². The summed E-state index contributed by atoms with van der Waals surface area (Å²) >= 11 is 0. The molecule has 3 heteroatoms. The largest absolute Gasteiger partial charge is 0.481 e. The molecule has 0 aromatic carbocycles. The maximum atomic E-state index is 10.8. The van der Waals surface area contributed by atoms with Crippen LogP contribution in [0.3, 0.4) is 0 Å². The van der Waals surface area contributed by atoms with Crippen molar-refractivity contribution < 1.29 is 14.7 Å². The zero-order valence-corrected chi connectivity index (χ0v) is 7.70. The summed E-state index contributed by atoms with van der Waals surface area (Å²) < 4.78 is 0. The van der Waals surface area contributed by atoms with E-state index in [4.69, 9.17) is 11.5 Å². The van der Waals surface area contributed by atoms with E-state index in [1.807, 2.05) is 0 Å². The van der Waals surface area contributed by atoms with Gasteiger partial charge in [0.2, 0.25) is 0 Å². The summed E-state index contributed by atoms with van der Waals surface area (Å²) in [5, 5.41) is 8.63. The Morgan fingerprint density at radius 2 is 2.08 bits per heavy atom. The van der Waals surface area contributed by atoms with E-state index >= 15 is 0 Å². The molecule has 0 bridgehead atoms. The van der Waals surface area contributed by atoms with Gasteiger partial charge in [0.05, 0.1) is 0 Å². The standard InChI is InChI=1S/C10H12O3/c1-4-7(2)5-6-9(8(3)11)10(12)13/h1,5,9H,6H2,2-3H3,(H,12,13)/b7-5-. The van der Waals surface area contributed by atoms with E-state index < -0.39 is 11.9 Å². The summed E-state index contributed by atoms with van der Waals surface area (Å²) in [6, 6.07) is 0. The van der Waals surface area contributed by atoms with Gasteiger partial charge < -0.3 is 5.11 Å². The second-order valence-electron chi connectivity index (χ2n) is 2.77. The fourth-order valence-corrected chi connectivity index (χ4v) is 0.794. The lowest BCUT2D eigenvalue weighted by Gasteiger charge is -2.04. The molecule has 0 fully saturated rings. The molecular weight excluding hydrogens is 168 g/mol. The van der Waals surface area contributed by atoms with E-state index in [9.17, 15) is 9.59 Å². The van der Waals surface area contributed by atoms with Crippen molar-refractivity contribution in [1.82, 2.24) is 0 Å². The van der Waals surface area contributed by atoms with Crippen molar-refractivity contribution in [3.05, 3.63) is 11.6 Å².